The largest absolute Gasteiger partial charge is 0.497 e. The predicted octanol–water partition coefficient (Wildman–Crippen LogP) is 3.31. The van der Waals surface area contributed by atoms with E-state index in [1.807, 2.05) is 55.5 Å². The van der Waals surface area contributed by atoms with Crippen molar-refractivity contribution in [1.29, 1.82) is 0 Å². The summed E-state index contributed by atoms with van der Waals surface area (Å²) in [5.41, 5.74) is 8.13. The van der Waals surface area contributed by atoms with E-state index >= 15 is 0 Å². The topological polar surface area (TPSA) is 53.7 Å². The Hall–Kier alpha value is -2.04. The molecule has 0 radical (unpaired) electrons. The Bertz CT molecular complexity index is 562. The minimum Gasteiger partial charge on any atom is -0.497 e. The van der Waals surface area contributed by atoms with Crippen LogP contribution in [-0.4, -0.2) is 20.3 Å². The Morgan fingerprint density at radius 1 is 0.955 bits per heavy atom. The summed E-state index contributed by atoms with van der Waals surface area (Å²) in [6, 6.07) is 15.6. The van der Waals surface area contributed by atoms with E-state index in [4.69, 9.17) is 19.9 Å². The molecule has 2 unspecified atom stereocenters. The van der Waals surface area contributed by atoms with Gasteiger partial charge in [-0.1, -0.05) is 30.3 Å². The molecule has 22 heavy (non-hydrogen) atoms. The van der Waals surface area contributed by atoms with E-state index in [0.29, 0.717) is 6.61 Å². The molecule has 0 saturated heterocycles. The number of ether oxygens (including phenoxy) is 3. The molecule has 0 fully saturated rings. The zero-order valence-corrected chi connectivity index (χ0v) is 13.3. The molecule has 0 aliphatic heterocycles. The highest BCUT2D eigenvalue weighted by molar-refractivity contribution is 5.38. The van der Waals surface area contributed by atoms with Crippen LogP contribution in [-0.2, 0) is 11.3 Å². The summed E-state index contributed by atoms with van der Waals surface area (Å²) in [5, 5.41) is 0. The van der Waals surface area contributed by atoms with Gasteiger partial charge < -0.3 is 19.9 Å². The predicted molar refractivity (Wildman–Crippen MR) is 87.2 cm³/mol. The molecule has 0 bridgehead atoms. The zero-order valence-electron chi connectivity index (χ0n) is 13.3. The van der Waals surface area contributed by atoms with E-state index in [-0.39, 0.29) is 12.1 Å². The maximum absolute atomic E-state index is 6.07. The molecule has 0 aromatic heterocycles. The van der Waals surface area contributed by atoms with Crippen LogP contribution in [0.15, 0.2) is 48.5 Å². The van der Waals surface area contributed by atoms with Gasteiger partial charge in [0.15, 0.2) is 0 Å². The summed E-state index contributed by atoms with van der Waals surface area (Å²) in [4.78, 5) is 0. The van der Waals surface area contributed by atoms with E-state index in [0.717, 1.165) is 22.6 Å². The van der Waals surface area contributed by atoms with Gasteiger partial charge in [-0.05, 0) is 30.2 Å². The van der Waals surface area contributed by atoms with Crippen molar-refractivity contribution in [2.75, 3.05) is 14.2 Å². The van der Waals surface area contributed by atoms with Gasteiger partial charge in [0.2, 0.25) is 0 Å². The lowest BCUT2D eigenvalue weighted by atomic mass is 10.0. The van der Waals surface area contributed by atoms with Crippen molar-refractivity contribution in [3.8, 4) is 11.5 Å². The first-order valence-corrected chi connectivity index (χ1v) is 7.28. The molecular formula is C18H23NO3. The van der Waals surface area contributed by atoms with E-state index < -0.39 is 0 Å². The zero-order chi connectivity index (χ0) is 15.9. The standard InChI is InChI=1S/C18H23NO3/c1-13(19)18(15-7-5-4-6-8-15)22-12-14-9-16(20-2)11-17(10-14)21-3/h4-11,13,18H,12,19H2,1-3H3. The van der Waals surface area contributed by atoms with Crippen molar-refractivity contribution in [3.63, 3.8) is 0 Å². The van der Waals surface area contributed by atoms with Gasteiger partial charge in [-0.25, -0.2) is 0 Å². The third kappa shape index (κ3) is 4.23. The molecule has 0 spiro atoms. The fourth-order valence-electron chi connectivity index (χ4n) is 2.33. The van der Waals surface area contributed by atoms with Gasteiger partial charge in [0, 0.05) is 12.1 Å². The first kappa shape index (κ1) is 16.3. The Morgan fingerprint density at radius 3 is 2.05 bits per heavy atom. The fourth-order valence-corrected chi connectivity index (χ4v) is 2.33. The Morgan fingerprint density at radius 2 is 1.55 bits per heavy atom. The van der Waals surface area contributed by atoms with Crippen LogP contribution in [0.1, 0.15) is 24.2 Å². The Kier molecular flexibility index (Phi) is 5.81. The van der Waals surface area contributed by atoms with Gasteiger partial charge in [0.05, 0.1) is 26.9 Å². The first-order chi connectivity index (χ1) is 10.6. The number of hydrogen-bond acceptors (Lipinski definition) is 4. The summed E-state index contributed by atoms with van der Waals surface area (Å²) >= 11 is 0. The van der Waals surface area contributed by atoms with Crippen molar-refractivity contribution in [2.24, 2.45) is 5.73 Å². The monoisotopic (exact) mass is 301 g/mol. The van der Waals surface area contributed by atoms with Crippen molar-refractivity contribution in [1.82, 2.24) is 0 Å². The molecule has 4 heteroatoms. The van der Waals surface area contributed by atoms with Gasteiger partial charge in [-0.2, -0.15) is 0 Å². The van der Waals surface area contributed by atoms with Crippen LogP contribution in [0, 0.1) is 0 Å². The molecule has 2 aromatic carbocycles. The summed E-state index contributed by atoms with van der Waals surface area (Å²) in [6.07, 6.45) is -0.154. The number of nitrogens with two attached hydrogens (primary N) is 1. The third-order valence-corrected chi connectivity index (χ3v) is 3.45. The van der Waals surface area contributed by atoms with Crippen LogP contribution in [0.3, 0.4) is 0 Å². The molecule has 2 atom stereocenters. The maximum atomic E-state index is 6.07. The molecule has 0 amide bonds. The van der Waals surface area contributed by atoms with Gasteiger partial charge >= 0.3 is 0 Å². The SMILES string of the molecule is COc1cc(COC(c2ccccc2)C(C)N)cc(OC)c1. The van der Waals surface area contributed by atoms with Crippen molar-refractivity contribution >= 4 is 0 Å². The Balaban J connectivity index is 2.13. The van der Waals surface area contributed by atoms with Crippen LogP contribution in [0.4, 0.5) is 0 Å². The molecule has 0 saturated carbocycles. The Labute approximate surface area is 131 Å². The lowest BCUT2D eigenvalue weighted by molar-refractivity contribution is 0.0257. The average molecular weight is 301 g/mol. The summed E-state index contributed by atoms with van der Waals surface area (Å²) in [7, 11) is 3.27. The second kappa shape index (κ2) is 7.82. The maximum Gasteiger partial charge on any atom is 0.122 e. The van der Waals surface area contributed by atoms with Crippen molar-refractivity contribution < 1.29 is 14.2 Å². The number of methoxy groups -OCH3 is 2. The van der Waals surface area contributed by atoms with Gasteiger partial charge in [-0.3, -0.25) is 0 Å². The smallest absolute Gasteiger partial charge is 0.122 e. The third-order valence-electron chi connectivity index (χ3n) is 3.45. The number of rotatable bonds is 7. The normalized spacial score (nSPS) is 13.5. The number of hydrogen-bond donors (Lipinski definition) is 1. The molecule has 0 aliphatic carbocycles. The molecular weight excluding hydrogens is 278 g/mol. The van der Waals surface area contributed by atoms with E-state index in [1.165, 1.54) is 0 Å². The quantitative estimate of drug-likeness (QED) is 0.852. The number of benzene rings is 2. The lowest BCUT2D eigenvalue weighted by Gasteiger charge is -2.22. The average Bonchev–Trinajstić information content (AvgIpc) is 2.55. The van der Waals surface area contributed by atoms with E-state index in [9.17, 15) is 0 Å². The summed E-state index contributed by atoms with van der Waals surface area (Å²) in [5.74, 6) is 1.49. The molecule has 2 N–H and O–H groups in total. The van der Waals surface area contributed by atoms with Crippen molar-refractivity contribution in [2.45, 2.75) is 25.7 Å². The molecule has 0 heterocycles. The molecule has 118 valence electrons. The summed E-state index contributed by atoms with van der Waals surface area (Å²) in [6.45, 7) is 2.39. The van der Waals surface area contributed by atoms with Crippen LogP contribution in [0.2, 0.25) is 0 Å². The van der Waals surface area contributed by atoms with E-state index in [1.54, 1.807) is 14.2 Å². The van der Waals surface area contributed by atoms with Gasteiger partial charge in [-0.15, -0.1) is 0 Å². The van der Waals surface area contributed by atoms with Crippen LogP contribution >= 0.6 is 0 Å². The summed E-state index contributed by atoms with van der Waals surface area (Å²) < 4.78 is 16.6. The highest BCUT2D eigenvalue weighted by atomic mass is 16.5. The molecule has 4 nitrogen and oxygen atoms in total. The molecule has 2 aromatic rings. The van der Waals surface area contributed by atoms with Crippen LogP contribution < -0.4 is 15.2 Å². The molecule has 0 aliphatic rings. The lowest BCUT2D eigenvalue weighted by Crippen LogP contribution is -2.26. The minimum absolute atomic E-state index is 0.102. The second-order valence-corrected chi connectivity index (χ2v) is 5.22. The van der Waals surface area contributed by atoms with Gasteiger partial charge in [0.1, 0.15) is 11.5 Å². The minimum atomic E-state index is -0.154. The highest BCUT2D eigenvalue weighted by Crippen LogP contribution is 2.26. The molecule has 2 rings (SSSR count). The van der Waals surface area contributed by atoms with Gasteiger partial charge in [0.25, 0.3) is 0 Å². The second-order valence-electron chi connectivity index (χ2n) is 5.22. The van der Waals surface area contributed by atoms with Crippen LogP contribution in [0.25, 0.3) is 0 Å². The van der Waals surface area contributed by atoms with Crippen LogP contribution in [0.5, 0.6) is 11.5 Å². The highest BCUT2D eigenvalue weighted by Gasteiger charge is 2.17. The first-order valence-electron chi connectivity index (χ1n) is 7.28. The van der Waals surface area contributed by atoms with E-state index in [2.05, 4.69) is 0 Å². The van der Waals surface area contributed by atoms with Crippen molar-refractivity contribution in [3.05, 3.63) is 59.7 Å². The fraction of sp³-hybridized carbons (Fsp3) is 0.333.